The number of rotatable bonds is 4. The molecular weight excluding hydrogens is 252 g/mol. The number of alkyl halides is 1. The van der Waals surface area contributed by atoms with Gasteiger partial charge in [-0.1, -0.05) is 15.9 Å². The molecule has 0 N–H and O–H groups in total. The third kappa shape index (κ3) is 3.11. The molecule has 0 nitrogen and oxygen atoms in total. The summed E-state index contributed by atoms with van der Waals surface area (Å²) in [5.74, 6) is 0. The van der Waals surface area contributed by atoms with Crippen LogP contribution in [0.1, 0.15) is 22.6 Å². The molecule has 68 valence electrons. The molecule has 0 fully saturated rings. The van der Waals surface area contributed by atoms with E-state index in [1.807, 2.05) is 11.3 Å². The van der Waals surface area contributed by atoms with Crippen molar-refractivity contribution < 1.29 is 0 Å². The van der Waals surface area contributed by atoms with E-state index in [9.17, 15) is 0 Å². The van der Waals surface area contributed by atoms with Gasteiger partial charge in [-0.3, -0.25) is 0 Å². The number of aryl methyl sites for hydroxylation is 2. The summed E-state index contributed by atoms with van der Waals surface area (Å²) in [6.07, 6.45) is 3.70. The Balaban J connectivity index is 2.45. The molecular formula is C9H13BrS2. The molecule has 1 aromatic heterocycles. The van der Waals surface area contributed by atoms with E-state index in [0.717, 1.165) is 5.33 Å². The van der Waals surface area contributed by atoms with Crippen molar-refractivity contribution in [3.8, 4) is 0 Å². The predicted octanol–water partition coefficient (Wildman–Crippen LogP) is 4.06. The van der Waals surface area contributed by atoms with E-state index in [-0.39, 0.29) is 0 Å². The van der Waals surface area contributed by atoms with Gasteiger partial charge in [-0.05, 0) is 32.3 Å². The first kappa shape index (κ1) is 10.6. The van der Waals surface area contributed by atoms with E-state index >= 15 is 0 Å². The monoisotopic (exact) mass is 264 g/mol. The van der Waals surface area contributed by atoms with Crippen molar-refractivity contribution in [3.05, 3.63) is 15.8 Å². The summed E-state index contributed by atoms with van der Waals surface area (Å²) in [7, 11) is 0. The van der Waals surface area contributed by atoms with Gasteiger partial charge in [0.2, 0.25) is 0 Å². The third-order valence-corrected chi connectivity index (χ3v) is 3.92. The maximum absolute atomic E-state index is 4.42. The lowest BCUT2D eigenvalue weighted by Crippen LogP contribution is -1.82. The van der Waals surface area contributed by atoms with Gasteiger partial charge in [-0.25, -0.2) is 0 Å². The minimum atomic E-state index is 1.11. The smallest absolute Gasteiger partial charge is 0.0182 e. The van der Waals surface area contributed by atoms with Crippen molar-refractivity contribution in [2.24, 2.45) is 0 Å². The van der Waals surface area contributed by atoms with Gasteiger partial charge >= 0.3 is 0 Å². The van der Waals surface area contributed by atoms with Gasteiger partial charge in [-0.2, -0.15) is 0 Å². The Morgan fingerprint density at radius 2 is 2.25 bits per heavy atom. The van der Waals surface area contributed by atoms with Crippen molar-refractivity contribution in [2.75, 3.05) is 5.33 Å². The minimum absolute atomic E-state index is 1.11. The van der Waals surface area contributed by atoms with Crippen LogP contribution in [0, 0.1) is 6.92 Å². The predicted molar refractivity (Wildman–Crippen MR) is 63.0 cm³/mol. The number of hydrogen-bond acceptors (Lipinski definition) is 2. The quantitative estimate of drug-likeness (QED) is 0.473. The number of thiol groups is 1. The molecule has 0 aromatic carbocycles. The highest BCUT2D eigenvalue weighted by atomic mass is 79.9. The number of halogens is 1. The lowest BCUT2D eigenvalue weighted by Gasteiger charge is -1.96. The zero-order chi connectivity index (χ0) is 8.97. The summed E-state index contributed by atoms with van der Waals surface area (Å²) in [6, 6.07) is 2.15. The van der Waals surface area contributed by atoms with E-state index in [4.69, 9.17) is 0 Å². The zero-order valence-electron chi connectivity index (χ0n) is 7.14. The molecule has 0 bridgehead atoms. The van der Waals surface area contributed by atoms with Crippen LogP contribution in [0.4, 0.5) is 0 Å². The van der Waals surface area contributed by atoms with Crippen molar-refractivity contribution in [1.29, 1.82) is 0 Å². The third-order valence-electron chi connectivity index (χ3n) is 1.70. The minimum Gasteiger partial charge on any atom is -0.145 e. The van der Waals surface area contributed by atoms with Crippen LogP contribution < -0.4 is 0 Å². The molecule has 0 atom stereocenters. The van der Waals surface area contributed by atoms with Gasteiger partial charge < -0.3 is 0 Å². The van der Waals surface area contributed by atoms with Crippen LogP contribution in [-0.4, -0.2) is 5.33 Å². The Kier molecular flexibility index (Phi) is 4.69. The molecule has 0 aliphatic carbocycles. The van der Waals surface area contributed by atoms with Gasteiger partial charge in [-0.15, -0.1) is 24.0 Å². The summed E-state index contributed by atoms with van der Waals surface area (Å²) < 4.78 is 0. The molecule has 1 heterocycles. The molecule has 3 heteroatoms. The zero-order valence-corrected chi connectivity index (χ0v) is 10.4. The van der Waals surface area contributed by atoms with Crippen molar-refractivity contribution in [2.45, 2.75) is 31.1 Å². The van der Waals surface area contributed by atoms with Crippen molar-refractivity contribution >= 4 is 39.9 Å². The Morgan fingerprint density at radius 3 is 2.75 bits per heavy atom. The van der Waals surface area contributed by atoms with Crippen LogP contribution in [0.25, 0.3) is 0 Å². The summed E-state index contributed by atoms with van der Waals surface area (Å²) in [5, 5.41) is 1.11. The fourth-order valence-electron chi connectivity index (χ4n) is 1.11. The fraction of sp³-hybridized carbons (Fsp3) is 0.556. The molecule has 0 saturated carbocycles. The lowest BCUT2D eigenvalue weighted by molar-refractivity contribution is 0.807. The van der Waals surface area contributed by atoms with Crippen LogP contribution in [0.2, 0.25) is 0 Å². The highest BCUT2D eigenvalue weighted by molar-refractivity contribution is 9.09. The topological polar surface area (TPSA) is 0 Å². The average molecular weight is 265 g/mol. The first-order valence-corrected chi connectivity index (χ1v) is 6.47. The largest absolute Gasteiger partial charge is 0.145 e. The number of unbranched alkanes of at least 4 members (excludes halogenated alkanes) is 1. The molecule has 1 rings (SSSR count). The fourth-order valence-corrected chi connectivity index (χ4v) is 3.01. The van der Waals surface area contributed by atoms with Gasteiger partial charge in [0, 0.05) is 20.0 Å². The molecule has 0 amide bonds. The summed E-state index contributed by atoms with van der Waals surface area (Å²) in [6.45, 7) is 2.14. The first-order valence-electron chi connectivity index (χ1n) is 4.08. The molecule has 1 aromatic rings. The van der Waals surface area contributed by atoms with Crippen molar-refractivity contribution in [1.82, 2.24) is 0 Å². The van der Waals surface area contributed by atoms with E-state index in [1.54, 1.807) is 0 Å². The van der Waals surface area contributed by atoms with E-state index in [0.29, 0.717) is 0 Å². The number of hydrogen-bond donors (Lipinski definition) is 1. The second-order valence-electron chi connectivity index (χ2n) is 2.81. The highest BCUT2D eigenvalue weighted by Gasteiger charge is 2.02. The maximum atomic E-state index is 4.42. The summed E-state index contributed by atoms with van der Waals surface area (Å²) in [4.78, 5) is 3.98. The summed E-state index contributed by atoms with van der Waals surface area (Å²) in [5.41, 5.74) is 0. The van der Waals surface area contributed by atoms with E-state index in [2.05, 4.69) is 41.5 Å². The molecule has 0 aliphatic rings. The second-order valence-corrected chi connectivity index (χ2v) is 5.43. The highest BCUT2D eigenvalue weighted by Crippen LogP contribution is 2.26. The molecule has 0 aliphatic heterocycles. The van der Waals surface area contributed by atoms with Gasteiger partial charge in [0.05, 0.1) is 0 Å². The van der Waals surface area contributed by atoms with Gasteiger partial charge in [0.15, 0.2) is 0 Å². The Bertz CT molecular complexity index is 243. The maximum Gasteiger partial charge on any atom is 0.0182 e. The van der Waals surface area contributed by atoms with Crippen LogP contribution in [-0.2, 0) is 6.42 Å². The van der Waals surface area contributed by atoms with E-state index in [1.165, 1.54) is 33.9 Å². The normalized spacial score (nSPS) is 10.6. The Hall–Kier alpha value is 0.530. The first-order chi connectivity index (χ1) is 5.74. The number of thiophene rings is 1. The van der Waals surface area contributed by atoms with Crippen LogP contribution in [0.5, 0.6) is 0 Å². The van der Waals surface area contributed by atoms with Crippen LogP contribution in [0.15, 0.2) is 11.0 Å². The molecule has 0 unspecified atom stereocenters. The summed E-state index contributed by atoms with van der Waals surface area (Å²) >= 11 is 9.72. The molecule has 0 radical (unpaired) electrons. The Morgan fingerprint density at radius 1 is 1.50 bits per heavy atom. The standard InChI is InChI=1S/C9H13BrS2/c1-7-6-8(11)9(12-7)4-2-3-5-10/h6,11H,2-5H2,1H3. The Labute approximate surface area is 91.9 Å². The lowest BCUT2D eigenvalue weighted by atomic mass is 10.2. The van der Waals surface area contributed by atoms with E-state index < -0.39 is 0 Å². The average Bonchev–Trinajstić information content (AvgIpc) is 2.31. The van der Waals surface area contributed by atoms with Crippen LogP contribution in [0.3, 0.4) is 0 Å². The second kappa shape index (κ2) is 5.30. The van der Waals surface area contributed by atoms with Crippen LogP contribution >= 0.6 is 39.9 Å². The van der Waals surface area contributed by atoms with Crippen molar-refractivity contribution in [3.63, 3.8) is 0 Å². The molecule has 0 spiro atoms. The SMILES string of the molecule is Cc1cc(S)c(CCCCBr)s1. The van der Waals surface area contributed by atoms with Gasteiger partial charge in [0.25, 0.3) is 0 Å². The molecule has 12 heavy (non-hydrogen) atoms. The molecule has 0 saturated heterocycles. The van der Waals surface area contributed by atoms with Gasteiger partial charge in [0.1, 0.15) is 0 Å².